The number of allylic oxidation sites excluding steroid dienone is 1. The van der Waals surface area contributed by atoms with Gasteiger partial charge in [-0.3, -0.25) is 0 Å². The molecule has 2 amide bonds. The Morgan fingerprint density at radius 1 is 1.20 bits per heavy atom. The van der Waals surface area contributed by atoms with Gasteiger partial charge >= 0.3 is 18.0 Å². The molecule has 1 heterocycles. The van der Waals surface area contributed by atoms with E-state index in [0.29, 0.717) is 11.5 Å². The maximum absolute atomic E-state index is 12.2. The van der Waals surface area contributed by atoms with Gasteiger partial charge in [-0.15, -0.1) is 0 Å². The Morgan fingerprint density at radius 3 is 2.63 bits per heavy atom. The minimum atomic E-state index is -0.675. The van der Waals surface area contributed by atoms with E-state index in [1.54, 1.807) is 26.0 Å². The monoisotopic (exact) mass is 418 g/mol. The molecule has 2 N–H and O–H groups in total. The molecule has 9 nitrogen and oxygen atoms in total. The van der Waals surface area contributed by atoms with E-state index in [1.807, 2.05) is 25.1 Å². The summed E-state index contributed by atoms with van der Waals surface area (Å²) >= 11 is 0. The van der Waals surface area contributed by atoms with Crippen LogP contribution in [0.4, 0.5) is 4.79 Å². The van der Waals surface area contributed by atoms with Crippen molar-refractivity contribution >= 4 is 24.0 Å². The van der Waals surface area contributed by atoms with Crippen molar-refractivity contribution < 1.29 is 33.3 Å². The molecule has 2 rings (SSSR count). The number of hydrogen-bond donors (Lipinski definition) is 2. The Morgan fingerprint density at radius 2 is 1.97 bits per heavy atom. The molecule has 0 saturated heterocycles. The Hall–Kier alpha value is -3.49. The third-order valence-electron chi connectivity index (χ3n) is 4.14. The molecule has 0 saturated carbocycles. The molecule has 0 aromatic heterocycles. The molecule has 0 spiro atoms. The molecule has 0 fully saturated rings. The number of nitrogens with one attached hydrogen (secondary N) is 2. The van der Waals surface area contributed by atoms with E-state index in [4.69, 9.17) is 18.9 Å². The van der Waals surface area contributed by atoms with Crippen molar-refractivity contribution in [2.24, 2.45) is 0 Å². The summed E-state index contributed by atoms with van der Waals surface area (Å²) in [6.07, 6.45) is 3.80. The van der Waals surface area contributed by atoms with Crippen LogP contribution in [0.15, 0.2) is 35.5 Å². The van der Waals surface area contributed by atoms with Crippen LogP contribution in [0.25, 0.3) is 6.08 Å². The van der Waals surface area contributed by atoms with Crippen LogP contribution < -0.4 is 20.1 Å². The molecule has 0 radical (unpaired) electrons. The van der Waals surface area contributed by atoms with Crippen molar-refractivity contribution in [3.8, 4) is 11.5 Å². The Kier molecular flexibility index (Phi) is 8.28. The van der Waals surface area contributed by atoms with E-state index in [9.17, 15) is 14.4 Å². The molecule has 30 heavy (non-hydrogen) atoms. The number of hydrogen-bond acceptors (Lipinski definition) is 7. The number of amides is 2. The van der Waals surface area contributed by atoms with Gasteiger partial charge < -0.3 is 29.6 Å². The fourth-order valence-corrected chi connectivity index (χ4v) is 2.82. The number of rotatable bonds is 9. The molecule has 1 atom stereocenters. The third-order valence-corrected chi connectivity index (χ3v) is 4.14. The summed E-state index contributed by atoms with van der Waals surface area (Å²) in [5, 5.41) is 5.05. The van der Waals surface area contributed by atoms with Gasteiger partial charge in [-0.2, -0.15) is 0 Å². The first-order chi connectivity index (χ1) is 14.4. The molecule has 0 aliphatic carbocycles. The number of esters is 2. The van der Waals surface area contributed by atoms with Crippen molar-refractivity contribution in [2.45, 2.75) is 26.8 Å². The maximum atomic E-state index is 12.2. The highest BCUT2D eigenvalue weighted by molar-refractivity contribution is 5.94. The first-order valence-corrected chi connectivity index (χ1v) is 9.46. The van der Waals surface area contributed by atoms with Crippen LogP contribution in [-0.4, -0.2) is 50.9 Å². The second-order valence-corrected chi connectivity index (χ2v) is 6.29. The van der Waals surface area contributed by atoms with Gasteiger partial charge in [-0.1, -0.05) is 18.2 Å². The van der Waals surface area contributed by atoms with Gasteiger partial charge in [0, 0.05) is 0 Å². The van der Waals surface area contributed by atoms with Crippen LogP contribution in [0.1, 0.15) is 26.3 Å². The van der Waals surface area contributed by atoms with Crippen LogP contribution in [-0.2, 0) is 19.1 Å². The van der Waals surface area contributed by atoms with Crippen molar-refractivity contribution in [1.82, 2.24) is 10.6 Å². The Bertz CT molecular complexity index is 861. The van der Waals surface area contributed by atoms with Crippen molar-refractivity contribution in [3.63, 3.8) is 0 Å². The SMILES string of the molecule is C/C=C\c1ccc(OCC(=O)OCC2=C(C(=O)OCC)[C@@H](C)NC(=O)N2)c(OC)c1. The van der Waals surface area contributed by atoms with Crippen molar-refractivity contribution in [3.05, 3.63) is 41.1 Å². The molecule has 0 unspecified atom stereocenters. The molecule has 1 aliphatic rings. The zero-order chi connectivity index (χ0) is 22.1. The van der Waals surface area contributed by atoms with Crippen molar-refractivity contribution in [2.75, 3.05) is 26.9 Å². The first-order valence-electron chi connectivity index (χ1n) is 9.46. The Balaban J connectivity index is 2.01. The number of urea groups is 1. The fraction of sp³-hybridized carbons (Fsp3) is 0.381. The average Bonchev–Trinajstić information content (AvgIpc) is 2.71. The standard InChI is InChI=1S/C21H26N2O7/c1-5-7-14-8-9-16(17(10-14)27-4)29-12-18(24)30-11-15-19(20(25)28-6-2)13(3)22-21(26)23-15/h5,7-10,13H,6,11-12H2,1-4H3,(H2,22,23,26)/b7-5-/t13-/m1/s1. The first kappa shape index (κ1) is 22.8. The minimum Gasteiger partial charge on any atom is -0.493 e. The summed E-state index contributed by atoms with van der Waals surface area (Å²) in [4.78, 5) is 36.0. The van der Waals surface area contributed by atoms with E-state index in [1.165, 1.54) is 7.11 Å². The minimum absolute atomic E-state index is 0.173. The van der Waals surface area contributed by atoms with E-state index in [2.05, 4.69) is 10.6 Å². The normalized spacial score (nSPS) is 16.0. The number of methoxy groups -OCH3 is 1. The molecule has 9 heteroatoms. The topological polar surface area (TPSA) is 112 Å². The summed E-state index contributed by atoms with van der Waals surface area (Å²) in [5.74, 6) is -0.403. The number of carbonyl (C=O) groups is 3. The van der Waals surface area contributed by atoms with Gasteiger partial charge in [0.2, 0.25) is 0 Å². The summed E-state index contributed by atoms with van der Waals surface area (Å²) in [6, 6.07) is 4.22. The predicted octanol–water partition coefficient (Wildman–Crippen LogP) is 2.17. The largest absolute Gasteiger partial charge is 0.493 e. The lowest BCUT2D eigenvalue weighted by Crippen LogP contribution is -2.50. The second-order valence-electron chi connectivity index (χ2n) is 6.29. The van der Waals surface area contributed by atoms with E-state index >= 15 is 0 Å². The highest BCUT2D eigenvalue weighted by Gasteiger charge is 2.30. The molecule has 0 bridgehead atoms. The molecule has 1 aromatic carbocycles. The zero-order valence-corrected chi connectivity index (χ0v) is 17.4. The summed E-state index contributed by atoms with van der Waals surface area (Å²) in [6.45, 7) is 4.72. The van der Waals surface area contributed by atoms with E-state index < -0.39 is 24.0 Å². The molecule has 1 aromatic rings. The summed E-state index contributed by atoms with van der Waals surface area (Å²) in [7, 11) is 1.50. The maximum Gasteiger partial charge on any atom is 0.344 e. The van der Waals surface area contributed by atoms with Gasteiger partial charge in [0.25, 0.3) is 0 Å². The van der Waals surface area contributed by atoms with E-state index in [0.717, 1.165) is 5.56 Å². The quantitative estimate of drug-likeness (QED) is 0.591. The lowest BCUT2D eigenvalue weighted by Gasteiger charge is -2.26. The number of ether oxygens (including phenoxy) is 4. The van der Waals surface area contributed by atoms with Crippen LogP contribution in [0.5, 0.6) is 11.5 Å². The van der Waals surface area contributed by atoms with Crippen LogP contribution in [0.2, 0.25) is 0 Å². The van der Waals surface area contributed by atoms with Gasteiger partial charge in [-0.25, -0.2) is 14.4 Å². The highest BCUT2D eigenvalue weighted by Crippen LogP contribution is 2.28. The lowest BCUT2D eigenvalue weighted by atomic mass is 10.0. The van der Waals surface area contributed by atoms with Gasteiger partial charge in [0.05, 0.1) is 31.0 Å². The fourth-order valence-electron chi connectivity index (χ4n) is 2.82. The summed E-state index contributed by atoms with van der Waals surface area (Å²) < 4.78 is 20.9. The Labute approximate surface area is 175 Å². The third kappa shape index (κ3) is 6.00. The average molecular weight is 418 g/mol. The van der Waals surface area contributed by atoms with Crippen LogP contribution >= 0.6 is 0 Å². The van der Waals surface area contributed by atoms with Gasteiger partial charge in [-0.05, 0) is 38.5 Å². The summed E-state index contributed by atoms with van der Waals surface area (Å²) in [5.41, 5.74) is 1.30. The van der Waals surface area contributed by atoms with Gasteiger partial charge in [0.15, 0.2) is 18.1 Å². The smallest absolute Gasteiger partial charge is 0.344 e. The van der Waals surface area contributed by atoms with Gasteiger partial charge in [0.1, 0.15) is 6.61 Å². The number of carbonyl (C=O) groups excluding carboxylic acids is 3. The second kappa shape index (κ2) is 10.9. The lowest BCUT2D eigenvalue weighted by molar-refractivity contribution is -0.145. The molecule has 162 valence electrons. The predicted molar refractivity (Wildman–Crippen MR) is 109 cm³/mol. The molecular weight excluding hydrogens is 392 g/mol. The molecular formula is C21H26N2O7. The number of benzene rings is 1. The van der Waals surface area contributed by atoms with Crippen LogP contribution in [0, 0.1) is 0 Å². The van der Waals surface area contributed by atoms with E-state index in [-0.39, 0.29) is 31.1 Å². The van der Waals surface area contributed by atoms with Crippen molar-refractivity contribution in [1.29, 1.82) is 0 Å². The molecule has 1 aliphatic heterocycles. The highest BCUT2D eigenvalue weighted by atomic mass is 16.6. The van der Waals surface area contributed by atoms with Crippen LogP contribution in [0.3, 0.4) is 0 Å². The zero-order valence-electron chi connectivity index (χ0n) is 17.4.